The molecule has 3 heterocycles. The third kappa shape index (κ3) is 3.49. The summed E-state index contributed by atoms with van der Waals surface area (Å²) in [6, 6.07) is 5.92. The van der Waals surface area contributed by atoms with Crippen LogP contribution in [0, 0.1) is 0 Å². The number of hydrogen-bond donors (Lipinski definition) is 2. The number of carbonyl (C=O) groups is 3. The van der Waals surface area contributed by atoms with Gasteiger partial charge in [0.25, 0.3) is 5.91 Å². The molecule has 1 aromatic rings. The van der Waals surface area contributed by atoms with Crippen molar-refractivity contribution < 1.29 is 14.4 Å². The summed E-state index contributed by atoms with van der Waals surface area (Å²) in [4.78, 5) is 40.8. The first-order chi connectivity index (χ1) is 13.1. The van der Waals surface area contributed by atoms with Crippen LogP contribution in [-0.4, -0.2) is 59.7 Å². The van der Waals surface area contributed by atoms with E-state index in [-0.39, 0.29) is 24.1 Å². The minimum absolute atomic E-state index is 0.0859. The van der Waals surface area contributed by atoms with Gasteiger partial charge in [0.2, 0.25) is 11.8 Å². The molecule has 2 saturated heterocycles. The first-order valence-corrected chi connectivity index (χ1v) is 9.72. The lowest BCUT2D eigenvalue weighted by molar-refractivity contribution is -0.136. The van der Waals surface area contributed by atoms with Crippen molar-refractivity contribution in [3.05, 3.63) is 34.9 Å². The van der Waals surface area contributed by atoms with E-state index >= 15 is 0 Å². The van der Waals surface area contributed by atoms with Crippen LogP contribution >= 0.6 is 0 Å². The van der Waals surface area contributed by atoms with Gasteiger partial charge >= 0.3 is 0 Å². The monoisotopic (exact) mass is 370 g/mol. The molecular weight excluding hydrogens is 344 g/mol. The molecule has 7 nitrogen and oxygen atoms in total. The van der Waals surface area contributed by atoms with Crippen molar-refractivity contribution in [1.29, 1.82) is 0 Å². The van der Waals surface area contributed by atoms with Gasteiger partial charge in [-0.2, -0.15) is 0 Å². The van der Waals surface area contributed by atoms with E-state index in [0.717, 1.165) is 42.7 Å². The van der Waals surface area contributed by atoms with Crippen LogP contribution in [0.15, 0.2) is 18.2 Å². The van der Waals surface area contributed by atoms with Gasteiger partial charge in [0.05, 0.1) is 0 Å². The predicted molar refractivity (Wildman–Crippen MR) is 99.8 cm³/mol. The molecule has 0 aliphatic carbocycles. The Morgan fingerprint density at radius 2 is 2.07 bits per heavy atom. The predicted octanol–water partition coefficient (Wildman–Crippen LogP) is 0.631. The topological polar surface area (TPSA) is 81.8 Å². The Morgan fingerprint density at radius 3 is 2.85 bits per heavy atom. The molecule has 0 aromatic heterocycles. The van der Waals surface area contributed by atoms with Crippen LogP contribution in [0.1, 0.15) is 47.2 Å². The molecule has 0 radical (unpaired) electrons. The van der Waals surface area contributed by atoms with E-state index in [1.165, 1.54) is 6.42 Å². The molecule has 3 aliphatic rings. The molecule has 27 heavy (non-hydrogen) atoms. The standard InChI is InChI=1S/C20H26N4O3/c1-21-15-6-3-9-23(12-15)10-13-4-2-5-14-11-24(20(27)18(13)14)16-7-8-17(25)22-19(16)26/h2,4-5,15-16,21H,3,6-12H2,1H3,(H,22,25,26). The first-order valence-electron chi connectivity index (χ1n) is 9.72. The molecule has 3 aliphatic heterocycles. The Balaban J connectivity index is 1.53. The second-order valence-electron chi connectivity index (χ2n) is 7.71. The van der Waals surface area contributed by atoms with E-state index in [0.29, 0.717) is 19.0 Å². The lowest BCUT2D eigenvalue weighted by atomic mass is 10.0. The van der Waals surface area contributed by atoms with Crippen LogP contribution < -0.4 is 10.6 Å². The maximum absolute atomic E-state index is 13.1. The number of likely N-dealkylation sites (N-methyl/N-ethyl adjacent to an activating group) is 1. The van der Waals surface area contributed by atoms with E-state index in [4.69, 9.17) is 0 Å². The number of nitrogens with one attached hydrogen (secondary N) is 2. The van der Waals surface area contributed by atoms with Crippen molar-refractivity contribution >= 4 is 17.7 Å². The molecule has 2 atom stereocenters. The zero-order valence-corrected chi connectivity index (χ0v) is 15.7. The molecule has 2 unspecified atom stereocenters. The summed E-state index contributed by atoms with van der Waals surface area (Å²) in [5.41, 5.74) is 2.75. The number of imide groups is 1. The van der Waals surface area contributed by atoms with E-state index in [1.54, 1.807) is 4.90 Å². The molecule has 1 aromatic carbocycles. The number of amides is 3. The summed E-state index contributed by atoms with van der Waals surface area (Å²) >= 11 is 0. The number of benzene rings is 1. The third-order valence-electron chi connectivity index (χ3n) is 5.95. The summed E-state index contributed by atoms with van der Waals surface area (Å²) in [5, 5.41) is 5.71. The highest BCUT2D eigenvalue weighted by atomic mass is 16.2. The first kappa shape index (κ1) is 18.1. The molecule has 0 spiro atoms. The molecule has 7 heteroatoms. The van der Waals surface area contributed by atoms with E-state index in [2.05, 4.69) is 15.5 Å². The summed E-state index contributed by atoms with van der Waals surface area (Å²) in [6.45, 7) is 3.20. The maximum atomic E-state index is 13.1. The SMILES string of the molecule is CNC1CCCN(Cc2cccc3c2C(=O)N(C2CCC(=O)NC2=O)C3)C1. The summed E-state index contributed by atoms with van der Waals surface area (Å²) in [5.74, 6) is -0.704. The lowest BCUT2D eigenvalue weighted by Crippen LogP contribution is -2.52. The van der Waals surface area contributed by atoms with Crippen molar-refractivity contribution in [2.45, 2.75) is 50.9 Å². The molecule has 144 valence electrons. The van der Waals surface area contributed by atoms with Crippen molar-refractivity contribution in [2.75, 3.05) is 20.1 Å². The third-order valence-corrected chi connectivity index (χ3v) is 5.95. The van der Waals surface area contributed by atoms with Crippen molar-refractivity contribution in [3.63, 3.8) is 0 Å². The maximum Gasteiger partial charge on any atom is 0.255 e. The number of carbonyl (C=O) groups excluding carboxylic acids is 3. The van der Waals surface area contributed by atoms with Crippen LogP contribution in [-0.2, 0) is 22.7 Å². The normalized spacial score (nSPS) is 26.3. The Hall–Kier alpha value is -2.25. The smallest absolute Gasteiger partial charge is 0.255 e. The van der Waals surface area contributed by atoms with E-state index < -0.39 is 6.04 Å². The number of rotatable bonds is 4. The highest BCUT2D eigenvalue weighted by Gasteiger charge is 2.40. The minimum atomic E-state index is -0.556. The highest BCUT2D eigenvalue weighted by molar-refractivity contribution is 6.05. The van der Waals surface area contributed by atoms with Gasteiger partial charge in [-0.1, -0.05) is 18.2 Å². The fourth-order valence-electron chi connectivity index (χ4n) is 4.50. The zero-order chi connectivity index (χ0) is 19.0. The molecule has 2 N–H and O–H groups in total. The second-order valence-corrected chi connectivity index (χ2v) is 7.71. The van der Waals surface area contributed by atoms with Gasteiger partial charge in [-0.15, -0.1) is 0 Å². The van der Waals surface area contributed by atoms with Gasteiger partial charge in [0.15, 0.2) is 0 Å². The Bertz CT molecular complexity index is 778. The summed E-state index contributed by atoms with van der Waals surface area (Å²) in [7, 11) is 2.00. The van der Waals surface area contributed by atoms with Crippen LogP contribution in [0.25, 0.3) is 0 Å². The molecule has 0 saturated carbocycles. The van der Waals surface area contributed by atoms with Crippen molar-refractivity contribution in [3.8, 4) is 0 Å². The molecular formula is C20H26N4O3. The van der Waals surface area contributed by atoms with Crippen molar-refractivity contribution in [2.24, 2.45) is 0 Å². The summed E-state index contributed by atoms with van der Waals surface area (Å²) < 4.78 is 0. The van der Waals surface area contributed by atoms with E-state index in [9.17, 15) is 14.4 Å². The largest absolute Gasteiger partial charge is 0.322 e. The van der Waals surface area contributed by atoms with Crippen LogP contribution in [0.5, 0.6) is 0 Å². The van der Waals surface area contributed by atoms with Crippen LogP contribution in [0.4, 0.5) is 0 Å². The van der Waals surface area contributed by atoms with Crippen molar-refractivity contribution in [1.82, 2.24) is 20.4 Å². The number of likely N-dealkylation sites (tertiary alicyclic amines) is 1. The van der Waals surface area contributed by atoms with E-state index in [1.807, 2.05) is 25.2 Å². The fraction of sp³-hybridized carbons (Fsp3) is 0.550. The summed E-state index contributed by atoms with van der Waals surface area (Å²) in [6.07, 6.45) is 3.01. The van der Waals surface area contributed by atoms with Gasteiger partial charge in [-0.25, -0.2) is 0 Å². The van der Waals surface area contributed by atoms with Crippen LogP contribution in [0.2, 0.25) is 0 Å². The molecule has 4 rings (SSSR count). The lowest BCUT2D eigenvalue weighted by Gasteiger charge is -2.33. The molecule has 0 bridgehead atoms. The fourth-order valence-corrected chi connectivity index (χ4v) is 4.50. The molecule has 3 amide bonds. The van der Waals surface area contributed by atoms with Gasteiger partial charge in [0, 0.05) is 37.7 Å². The average Bonchev–Trinajstić information content (AvgIpc) is 2.99. The average molecular weight is 370 g/mol. The number of nitrogens with zero attached hydrogens (tertiary/aromatic N) is 2. The number of fused-ring (bicyclic) bond motifs is 1. The van der Waals surface area contributed by atoms with Gasteiger partial charge in [-0.05, 0) is 44.0 Å². The zero-order valence-electron chi connectivity index (χ0n) is 15.7. The van der Waals surface area contributed by atoms with Crippen LogP contribution in [0.3, 0.4) is 0 Å². The number of piperidine rings is 2. The Labute approximate surface area is 159 Å². The van der Waals surface area contributed by atoms with Gasteiger partial charge < -0.3 is 10.2 Å². The van der Waals surface area contributed by atoms with Gasteiger partial charge in [-0.3, -0.25) is 24.6 Å². The minimum Gasteiger partial charge on any atom is -0.322 e. The second kappa shape index (κ2) is 7.40. The Morgan fingerprint density at radius 1 is 1.22 bits per heavy atom. The number of hydrogen-bond acceptors (Lipinski definition) is 5. The van der Waals surface area contributed by atoms with Gasteiger partial charge in [0.1, 0.15) is 6.04 Å². The quantitative estimate of drug-likeness (QED) is 0.760. The highest BCUT2D eigenvalue weighted by Crippen LogP contribution is 2.30. The molecule has 2 fully saturated rings. The Kier molecular flexibility index (Phi) is 4.97.